The average Bonchev–Trinajstić information content (AvgIpc) is 2.51. The summed E-state index contributed by atoms with van der Waals surface area (Å²) in [6.07, 6.45) is 1.73. The van der Waals surface area contributed by atoms with E-state index in [9.17, 15) is 0 Å². The Morgan fingerprint density at radius 3 is 2.76 bits per heavy atom. The number of rotatable bonds is 3. The Bertz CT molecular complexity index is 805. The average molecular weight is 319 g/mol. The van der Waals surface area contributed by atoms with Crippen LogP contribution in [0, 0.1) is 0 Å². The monoisotopic (exact) mass is 318 g/mol. The minimum atomic E-state index is 0.341. The van der Waals surface area contributed by atoms with Crippen LogP contribution in [0.1, 0.15) is 5.56 Å². The molecular formula is C16H12Cl2N2O. The molecule has 3 rings (SSSR count). The van der Waals surface area contributed by atoms with Gasteiger partial charge in [0, 0.05) is 22.8 Å². The zero-order valence-corrected chi connectivity index (χ0v) is 12.5. The molecule has 106 valence electrons. The highest BCUT2D eigenvalue weighted by Crippen LogP contribution is 2.32. The Balaban J connectivity index is 1.92. The van der Waals surface area contributed by atoms with Gasteiger partial charge in [-0.25, -0.2) is 0 Å². The van der Waals surface area contributed by atoms with Crippen LogP contribution in [-0.4, -0.2) is 4.98 Å². The van der Waals surface area contributed by atoms with Crippen LogP contribution in [-0.2, 0) is 6.61 Å². The van der Waals surface area contributed by atoms with Gasteiger partial charge in [0.05, 0.1) is 10.5 Å². The van der Waals surface area contributed by atoms with Crippen LogP contribution < -0.4 is 10.5 Å². The standard InChI is InChI=1S/C16H12Cl2N2O/c17-12-4-1-5-14(15(12)18)21-9-10-6-7-13(19)11-3-2-8-20-16(10)11/h1-8H,9,19H2. The second-order valence-electron chi connectivity index (χ2n) is 4.55. The maximum atomic E-state index is 6.11. The van der Waals surface area contributed by atoms with Gasteiger partial charge < -0.3 is 10.5 Å². The molecule has 0 aliphatic heterocycles. The van der Waals surface area contributed by atoms with Crippen molar-refractivity contribution < 1.29 is 4.74 Å². The summed E-state index contributed by atoms with van der Waals surface area (Å²) >= 11 is 12.1. The van der Waals surface area contributed by atoms with E-state index in [4.69, 9.17) is 33.7 Å². The quantitative estimate of drug-likeness (QED) is 0.712. The molecule has 0 amide bonds. The molecule has 3 aromatic rings. The summed E-state index contributed by atoms with van der Waals surface area (Å²) in [7, 11) is 0. The predicted octanol–water partition coefficient (Wildman–Crippen LogP) is 4.70. The van der Waals surface area contributed by atoms with E-state index >= 15 is 0 Å². The SMILES string of the molecule is Nc1ccc(COc2cccc(Cl)c2Cl)c2ncccc12. The number of ether oxygens (including phenoxy) is 1. The van der Waals surface area contributed by atoms with Gasteiger partial charge in [0.1, 0.15) is 17.4 Å². The first-order valence-electron chi connectivity index (χ1n) is 6.35. The molecule has 1 aromatic heterocycles. The molecule has 0 saturated heterocycles. The molecule has 21 heavy (non-hydrogen) atoms. The summed E-state index contributed by atoms with van der Waals surface area (Å²) in [5.41, 5.74) is 8.42. The topological polar surface area (TPSA) is 48.1 Å². The van der Waals surface area contributed by atoms with E-state index in [1.54, 1.807) is 24.4 Å². The van der Waals surface area contributed by atoms with Crippen LogP contribution in [0.5, 0.6) is 5.75 Å². The van der Waals surface area contributed by atoms with Crippen LogP contribution in [0.15, 0.2) is 48.7 Å². The number of benzene rings is 2. The van der Waals surface area contributed by atoms with E-state index < -0.39 is 0 Å². The zero-order valence-electron chi connectivity index (χ0n) is 11.0. The summed E-state index contributed by atoms with van der Waals surface area (Å²) in [6.45, 7) is 0.341. The number of nitrogen functional groups attached to an aromatic ring is 1. The van der Waals surface area contributed by atoms with E-state index in [0.717, 1.165) is 16.5 Å². The third kappa shape index (κ3) is 2.75. The third-order valence-electron chi connectivity index (χ3n) is 3.19. The molecule has 0 aliphatic rings. The van der Waals surface area contributed by atoms with Gasteiger partial charge in [-0.3, -0.25) is 4.98 Å². The lowest BCUT2D eigenvalue weighted by atomic mass is 10.1. The van der Waals surface area contributed by atoms with E-state index in [-0.39, 0.29) is 0 Å². The fourth-order valence-electron chi connectivity index (χ4n) is 2.12. The highest BCUT2D eigenvalue weighted by atomic mass is 35.5. The van der Waals surface area contributed by atoms with Crippen LogP contribution in [0.25, 0.3) is 10.9 Å². The lowest BCUT2D eigenvalue weighted by Gasteiger charge is -2.11. The molecule has 0 bridgehead atoms. The van der Waals surface area contributed by atoms with Gasteiger partial charge in [0.25, 0.3) is 0 Å². The molecule has 0 saturated carbocycles. The van der Waals surface area contributed by atoms with Gasteiger partial charge in [-0.1, -0.05) is 35.3 Å². The van der Waals surface area contributed by atoms with Gasteiger partial charge in [-0.05, 0) is 30.3 Å². The second kappa shape index (κ2) is 5.80. The first-order valence-corrected chi connectivity index (χ1v) is 7.11. The van der Waals surface area contributed by atoms with Gasteiger partial charge in [-0.2, -0.15) is 0 Å². The van der Waals surface area contributed by atoms with E-state index in [2.05, 4.69) is 4.98 Å². The van der Waals surface area contributed by atoms with Crippen LogP contribution >= 0.6 is 23.2 Å². The van der Waals surface area contributed by atoms with Crippen molar-refractivity contribution in [3.8, 4) is 5.75 Å². The lowest BCUT2D eigenvalue weighted by molar-refractivity contribution is 0.307. The fourth-order valence-corrected chi connectivity index (χ4v) is 2.47. The fraction of sp³-hybridized carbons (Fsp3) is 0.0625. The molecule has 0 radical (unpaired) electrons. The number of aromatic nitrogens is 1. The van der Waals surface area contributed by atoms with Crippen LogP contribution in [0.3, 0.4) is 0 Å². The zero-order chi connectivity index (χ0) is 14.8. The largest absolute Gasteiger partial charge is 0.487 e. The van der Waals surface area contributed by atoms with Gasteiger partial charge in [-0.15, -0.1) is 0 Å². The summed E-state index contributed by atoms with van der Waals surface area (Å²) in [6, 6.07) is 12.8. The number of anilines is 1. The molecule has 1 heterocycles. The van der Waals surface area contributed by atoms with Crippen molar-refractivity contribution >= 4 is 39.8 Å². The normalized spacial score (nSPS) is 10.8. The number of hydrogen-bond acceptors (Lipinski definition) is 3. The van der Waals surface area contributed by atoms with Gasteiger partial charge in [0.15, 0.2) is 0 Å². The Morgan fingerprint density at radius 1 is 1.05 bits per heavy atom. The maximum Gasteiger partial charge on any atom is 0.139 e. The maximum absolute atomic E-state index is 6.11. The number of halogens is 2. The smallest absolute Gasteiger partial charge is 0.139 e. The van der Waals surface area contributed by atoms with Crippen molar-refractivity contribution in [1.82, 2.24) is 4.98 Å². The molecule has 3 nitrogen and oxygen atoms in total. The summed E-state index contributed by atoms with van der Waals surface area (Å²) < 4.78 is 5.75. The molecule has 0 fully saturated rings. The Kier molecular flexibility index (Phi) is 3.86. The first-order chi connectivity index (χ1) is 10.2. The van der Waals surface area contributed by atoms with E-state index in [1.165, 1.54) is 0 Å². The minimum Gasteiger partial charge on any atom is -0.487 e. The lowest BCUT2D eigenvalue weighted by Crippen LogP contribution is -1.99. The summed E-state index contributed by atoms with van der Waals surface area (Å²) in [4.78, 5) is 4.38. The number of pyridine rings is 1. The summed E-state index contributed by atoms with van der Waals surface area (Å²) in [5.74, 6) is 0.546. The Morgan fingerprint density at radius 2 is 1.90 bits per heavy atom. The molecule has 0 aliphatic carbocycles. The van der Waals surface area contributed by atoms with Crippen molar-refractivity contribution in [2.45, 2.75) is 6.61 Å². The van der Waals surface area contributed by atoms with Crippen molar-refractivity contribution in [3.05, 3.63) is 64.3 Å². The number of nitrogens with zero attached hydrogens (tertiary/aromatic N) is 1. The Labute approximate surface area is 132 Å². The second-order valence-corrected chi connectivity index (χ2v) is 5.34. The third-order valence-corrected chi connectivity index (χ3v) is 3.99. The first kappa shape index (κ1) is 14.0. The molecule has 5 heteroatoms. The summed E-state index contributed by atoms with van der Waals surface area (Å²) in [5, 5.41) is 1.79. The highest BCUT2D eigenvalue weighted by molar-refractivity contribution is 6.42. The van der Waals surface area contributed by atoms with Crippen molar-refractivity contribution in [2.75, 3.05) is 5.73 Å². The van der Waals surface area contributed by atoms with Gasteiger partial charge >= 0.3 is 0 Å². The molecule has 2 aromatic carbocycles. The van der Waals surface area contributed by atoms with Crippen molar-refractivity contribution in [3.63, 3.8) is 0 Å². The molecule has 0 atom stereocenters. The van der Waals surface area contributed by atoms with Crippen LogP contribution in [0.4, 0.5) is 5.69 Å². The molecular weight excluding hydrogens is 307 g/mol. The Hall–Kier alpha value is -1.97. The predicted molar refractivity (Wildman–Crippen MR) is 86.9 cm³/mol. The molecule has 0 unspecified atom stereocenters. The number of hydrogen-bond donors (Lipinski definition) is 1. The minimum absolute atomic E-state index is 0.341. The molecule has 0 spiro atoms. The van der Waals surface area contributed by atoms with Crippen LogP contribution in [0.2, 0.25) is 10.0 Å². The highest BCUT2D eigenvalue weighted by Gasteiger charge is 2.09. The number of fused-ring (bicyclic) bond motifs is 1. The van der Waals surface area contributed by atoms with Crippen molar-refractivity contribution in [1.29, 1.82) is 0 Å². The van der Waals surface area contributed by atoms with E-state index in [1.807, 2.05) is 24.3 Å². The molecule has 2 N–H and O–H groups in total. The van der Waals surface area contributed by atoms with E-state index in [0.29, 0.717) is 28.1 Å². The van der Waals surface area contributed by atoms with Crippen molar-refractivity contribution in [2.24, 2.45) is 0 Å². The van der Waals surface area contributed by atoms with Gasteiger partial charge in [0.2, 0.25) is 0 Å². The number of nitrogens with two attached hydrogens (primary N) is 1.